The van der Waals surface area contributed by atoms with Crippen molar-refractivity contribution in [1.29, 1.82) is 0 Å². The first kappa shape index (κ1) is 7.94. The second kappa shape index (κ2) is 3.06. The van der Waals surface area contributed by atoms with Crippen molar-refractivity contribution in [3.63, 3.8) is 0 Å². The van der Waals surface area contributed by atoms with E-state index in [1.54, 1.807) is 6.20 Å². The van der Waals surface area contributed by atoms with E-state index in [-0.39, 0.29) is 6.04 Å². The lowest BCUT2D eigenvalue weighted by molar-refractivity contribution is 0.447. The molecule has 0 spiro atoms. The highest BCUT2D eigenvalue weighted by molar-refractivity contribution is 5.67. The molecule has 0 bridgehead atoms. The molecular formula is C10H11N3O. The van der Waals surface area contributed by atoms with E-state index in [4.69, 9.17) is 4.42 Å². The summed E-state index contributed by atoms with van der Waals surface area (Å²) in [6.45, 7) is 1.05. The van der Waals surface area contributed by atoms with Crippen molar-refractivity contribution < 1.29 is 4.42 Å². The van der Waals surface area contributed by atoms with Crippen LogP contribution in [0.1, 0.15) is 24.8 Å². The lowest BCUT2D eigenvalue weighted by Crippen LogP contribution is -2.12. The smallest absolute Gasteiger partial charge is 0.247 e. The summed E-state index contributed by atoms with van der Waals surface area (Å²) in [5.74, 6) is 0.774. The van der Waals surface area contributed by atoms with Gasteiger partial charge in [0.2, 0.25) is 11.6 Å². The minimum absolute atomic E-state index is 0.282. The second-order valence-corrected chi connectivity index (χ2v) is 3.53. The second-order valence-electron chi connectivity index (χ2n) is 3.53. The molecule has 0 amide bonds. The number of oxazole rings is 1. The molecule has 2 aromatic heterocycles. The first-order valence-corrected chi connectivity index (χ1v) is 4.88. The summed E-state index contributed by atoms with van der Waals surface area (Å²) in [4.78, 5) is 8.52. The summed E-state index contributed by atoms with van der Waals surface area (Å²) < 4.78 is 5.57. The maximum Gasteiger partial charge on any atom is 0.247 e. The molecule has 2 aromatic rings. The Hall–Kier alpha value is -1.42. The Morgan fingerprint density at radius 3 is 3.29 bits per heavy atom. The van der Waals surface area contributed by atoms with Crippen LogP contribution in [0.4, 0.5) is 0 Å². The number of nitrogens with one attached hydrogen (secondary N) is 1. The van der Waals surface area contributed by atoms with Crippen molar-refractivity contribution in [2.24, 2.45) is 0 Å². The number of pyridine rings is 1. The molecular weight excluding hydrogens is 178 g/mol. The molecule has 1 atom stereocenters. The number of hydrogen-bond acceptors (Lipinski definition) is 4. The number of aromatic nitrogens is 2. The zero-order chi connectivity index (χ0) is 9.38. The predicted molar refractivity (Wildman–Crippen MR) is 51.8 cm³/mol. The molecule has 1 fully saturated rings. The summed E-state index contributed by atoms with van der Waals surface area (Å²) in [7, 11) is 0. The van der Waals surface area contributed by atoms with Crippen LogP contribution in [0.25, 0.3) is 11.2 Å². The fraction of sp³-hybridized carbons (Fsp3) is 0.400. The van der Waals surface area contributed by atoms with Crippen LogP contribution < -0.4 is 5.32 Å². The minimum Gasteiger partial charge on any atom is -0.421 e. The lowest BCUT2D eigenvalue weighted by Gasteiger charge is -2.02. The van der Waals surface area contributed by atoms with Gasteiger partial charge in [0.1, 0.15) is 5.52 Å². The van der Waals surface area contributed by atoms with Gasteiger partial charge >= 0.3 is 0 Å². The van der Waals surface area contributed by atoms with Crippen LogP contribution in [0.15, 0.2) is 22.7 Å². The van der Waals surface area contributed by atoms with E-state index in [9.17, 15) is 0 Å². The quantitative estimate of drug-likeness (QED) is 0.741. The lowest BCUT2D eigenvalue weighted by atomic mass is 10.2. The molecule has 0 radical (unpaired) electrons. The normalized spacial score (nSPS) is 21.9. The topological polar surface area (TPSA) is 51.0 Å². The summed E-state index contributed by atoms with van der Waals surface area (Å²) in [6, 6.07) is 4.07. The molecule has 4 nitrogen and oxygen atoms in total. The maximum absolute atomic E-state index is 5.57. The van der Waals surface area contributed by atoms with E-state index in [1.807, 2.05) is 12.1 Å². The van der Waals surface area contributed by atoms with Crippen molar-refractivity contribution in [1.82, 2.24) is 15.3 Å². The van der Waals surface area contributed by atoms with Crippen LogP contribution in [-0.4, -0.2) is 16.5 Å². The average Bonchev–Trinajstić information content (AvgIpc) is 2.86. The molecule has 0 saturated carbocycles. The average molecular weight is 189 g/mol. The number of nitrogens with zero attached hydrogens (tertiary/aromatic N) is 2. The van der Waals surface area contributed by atoms with Crippen LogP contribution in [0.3, 0.4) is 0 Å². The predicted octanol–water partition coefficient (Wildman–Crippen LogP) is 1.65. The van der Waals surface area contributed by atoms with Gasteiger partial charge in [-0.15, -0.1) is 0 Å². The molecule has 0 aromatic carbocycles. The van der Waals surface area contributed by atoms with Gasteiger partial charge in [0.05, 0.1) is 6.04 Å². The van der Waals surface area contributed by atoms with Gasteiger partial charge in [-0.1, -0.05) is 0 Å². The highest BCUT2D eigenvalue weighted by Gasteiger charge is 2.21. The first-order chi connectivity index (χ1) is 6.93. The Morgan fingerprint density at radius 1 is 1.50 bits per heavy atom. The van der Waals surface area contributed by atoms with Crippen LogP contribution in [0.5, 0.6) is 0 Å². The Morgan fingerprint density at radius 2 is 2.50 bits per heavy atom. The molecule has 0 unspecified atom stereocenters. The highest BCUT2D eigenvalue weighted by atomic mass is 16.4. The Balaban J connectivity index is 2.05. The van der Waals surface area contributed by atoms with E-state index < -0.39 is 0 Å². The van der Waals surface area contributed by atoms with Gasteiger partial charge in [0.25, 0.3) is 0 Å². The van der Waals surface area contributed by atoms with Crippen molar-refractivity contribution >= 4 is 11.2 Å². The molecule has 14 heavy (non-hydrogen) atoms. The van der Waals surface area contributed by atoms with Crippen molar-refractivity contribution in [2.45, 2.75) is 18.9 Å². The van der Waals surface area contributed by atoms with Gasteiger partial charge in [-0.05, 0) is 31.5 Å². The monoisotopic (exact) mass is 189 g/mol. The third-order valence-electron chi connectivity index (χ3n) is 2.54. The van der Waals surface area contributed by atoms with E-state index in [0.717, 1.165) is 24.4 Å². The van der Waals surface area contributed by atoms with Gasteiger partial charge in [0.15, 0.2) is 0 Å². The summed E-state index contributed by atoms with van der Waals surface area (Å²) in [5.41, 5.74) is 1.48. The van der Waals surface area contributed by atoms with Crippen LogP contribution in [0, 0.1) is 0 Å². The summed E-state index contributed by atoms with van der Waals surface area (Å²) in [6.07, 6.45) is 4.02. The van der Waals surface area contributed by atoms with Gasteiger partial charge < -0.3 is 9.73 Å². The summed E-state index contributed by atoms with van der Waals surface area (Å²) >= 11 is 0. The minimum atomic E-state index is 0.282. The van der Waals surface area contributed by atoms with E-state index >= 15 is 0 Å². The molecule has 1 aliphatic rings. The van der Waals surface area contributed by atoms with Crippen LogP contribution in [0.2, 0.25) is 0 Å². The van der Waals surface area contributed by atoms with Crippen molar-refractivity contribution in [2.75, 3.05) is 6.54 Å². The first-order valence-electron chi connectivity index (χ1n) is 4.88. The molecule has 72 valence electrons. The zero-order valence-electron chi connectivity index (χ0n) is 7.73. The van der Waals surface area contributed by atoms with Gasteiger partial charge in [-0.2, -0.15) is 0 Å². The maximum atomic E-state index is 5.57. The molecule has 1 aliphatic heterocycles. The van der Waals surface area contributed by atoms with Crippen molar-refractivity contribution in [3.05, 3.63) is 24.2 Å². The Labute approximate surface area is 81.4 Å². The van der Waals surface area contributed by atoms with Gasteiger partial charge in [0, 0.05) is 6.20 Å². The number of hydrogen-bond donors (Lipinski definition) is 1. The SMILES string of the molecule is c1cnc2oc([C@@H]3CCCN3)nc2c1. The third-order valence-corrected chi connectivity index (χ3v) is 2.54. The summed E-state index contributed by atoms with van der Waals surface area (Å²) in [5, 5.41) is 3.35. The fourth-order valence-electron chi connectivity index (χ4n) is 1.83. The third kappa shape index (κ3) is 1.19. The van der Waals surface area contributed by atoms with Crippen LogP contribution in [-0.2, 0) is 0 Å². The van der Waals surface area contributed by atoms with E-state index in [1.165, 1.54) is 6.42 Å². The number of rotatable bonds is 1. The largest absolute Gasteiger partial charge is 0.421 e. The highest BCUT2D eigenvalue weighted by Crippen LogP contribution is 2.24. The van der Waals surface area contributed by atoms with Crippen LogP contribution >= 0.6 is 0 Å². The van der Waals surface area contributed by atoms with Gasteiger partial charge in [-0.3, -0.25) is 0 Å². The standard InChI is InChI=1S/C10H11N3O/c1-3-7(11-5-1)10-13-8-4-2-6-12-9(8)14-10/h2,4,6-7,11H,1,3,5H2/t7-/m0/s1. The van der Waals surface area contributed by atoms with Gasteiger partial charge in [-0.25, -0.2) is 9.97 Å². The molecule has 3 heterocycles. The van der Waals surface area contributed by atoms with E-state index in [2.05, 4.69) is 15.3 Å². The molecule has 4 heteroatoms. The number of fused-ring (bicyclic) bond motifs is 1. The Kier molecular flexibility index (Phi) is 1.73. The van der Waals surface area contributed by atoms with E-state index in [0.29, 0.717) is 5.71 Å². The van der Waals surface area contributed by atoms with Crippen molar-refractivity contribution in [3.8, 4) is 0 Å². The molecule has 0 aliphatic carbocycles. The fourth-order valence-corrected chi connectivity index (χ4v) is 1.83. The Bertz CT molecular complexity index is 412. The molecule has 1 saturated heterocycles. The zero-order valence-corrected chi connectivity index (χ0v) is 7.73. The molecule has 3 rings (SSSR count). The molecule has 1 N–H and O–H groups in total.